The Morgan fingerprint density at radius 1 is 1.38 bits per heavy atom. The minimum atomic E-state index is -0.360. The van der Waals surface area contributed by atoms with Crippen LogP contribution in [-0.2, 0) is 11.3 Å². The van der Waals surface area contributed by atoms with E-state index in [0.29, 0.717) is 17.7 Å². The molecule has 0 amide bonds. The lowest BCUT2D eigenvalue weighted by atomic mass is 10.1. The monoisotopic (exact) mass is 223 g/mol. The lowest BCUT2D eigenvalue weighted by Crippen LogP contribution is -2.12. The maximum Gasteiger partial charge on any atom is 0.338 e. The van der Waals surface area contributed by atoms with Crippen molar-refractivity contribution in [2.24, 2.45) is 0 Å². The van der Waals surface area contributed by atoms with Gasteiger partial charge in [0.25, 0.3) is 0 Å². The van der Waals surface area contributed by atoms with Crippen molar-refractivity contribution in [1.82, 2.24) is 0 Å². The minimum absolute atomic E-state index is 0.0892. The van der Waals surface area contributed by atoms with Gasteiger partial charge in [-0.15, -0.1) is 0 Å². The molecule has 1 rings (SSSR count). The van der Waals surface area contributed by atoms with Crippen LogP contribution in [0.1, 0.15) is 22.8 Å². The first-order valence-electron chi connectivity index (χ1n) is 5.17. The van der Waals surface area contributed by atoms with Crippen molar-refractivity contribution in [3.8, 4) is 0 Å². The molecule has 0 saturated heterocycles. The van der Waals surface area contributed by atoms with Crippen LogP contribution < -0.4 is 4.90 Å². The Bertz CT molecular complexity index is 375. The van der Waals surface area contributed by atoms with E-state index < -0.39 is 0 Å². The zero-order chi connectivity index (χ0) is 12.1. The van der Waals surface area contributed by atoms with Crippen LogP contribution in [0.25, 0.3) is 0 Å². The molecule has 0 fully saturated rings. The third kappa shape index (κ3) is 2.97. The van der Waals surface area contributed by atoms with E-state index in [-0.39, 0.29) is 12.6 Å². The Labute approximate surface area is 95.5 Å². The van der Waals surface area contributed by atoms with Gasteiger partial charge in [-0.05, 0) is 30.7 Å². The van der Waals surface area contributed by atoms with Crippen LogP contribution in [0, 0.1) is 0 Å². The second-order valence-electron chi connectivity index (χ2n) is 3.66. The van der Waals surface area contributed by atoms with Gasteiger partial charge in [-0.3, -0.25) is 0 Å². The summed E-state index contributed by atoms with van der Waals surface area (Å²) in [6, 6.07) is 5.23. The predicted molar refractivity (Wildman–Crippen MR) is 62.6 cm³/mol. The maximum atomic E-state index is 11.6. The van der Waals surface area contributed by atoms with Crippen molar-refractivity contribution in [2.75, 3.05) is 25.6 Å². The number of ether oxygens (including phenoxy) is 1. The first kappa shape index (κ1) is 12.5. The smallest absolute Gasteiger partial charge is 0.338 e. The molecule has 0 atom stereocenters. The van der Waals surface area contributed by atoms with Crippen molar-refractivity contribution >= 4 is 11.7 Å². The van der Waals surface area contributed by atoms with E-state index in [1.807, 2.05) is 25.1 Å². The van der Waals surface area contributed by atoms with Crippen LogP contribution in [0.2, 0.25) is 0 Å². The Balaban J connectivity index is 3.08. The Kier molecular flexibility index (Phi) is 4.31. The summed E-state index contributed by atoms with van der Waals surface area (Å²) in [5, 5.41) is 9.11. The molecule has 0 aromatic heterocycles. The van der Waals surface area contributed by atoms with Crippen molar-refractivity contribution in [3.05, 3.63) is 29.3 Å². The Hall–Kier alpha value is -1.55. The number of aliphatic hydroxyl groups is 1. The molecule has 1 aromatic rings. The fourth-order valence-electron chi connectivity index (χ4n) is 1.36. The summed E-state index contributed by atoms with van der Waals surface area (Å²) in [5.41, 5.74) is 2.04. The minimum Gasteiger partial charge on any atom is -0.462 e. The lowest BCUT2D eigenvalue weighted by molar-refractivity contribution is 0.0526. The summed E-state index contributed by atoms with van der Waals surface area (Å²) in [7, 11) is 3.76. The molecule has 0 heterocycles. The van der Waals surface area contributed by atoms with Gasteiger partial charge in [0, 0.05) is 19.8 Å². The normalized spacial score (nSPS) is 10.0. The van der Waals surface area contributed by atoms with E-state index in [0.717, 1.165) is 5.69 Å². The number of aliphatic hydroxyl groups excluding tert-OH is 1. The van der Waals surface area contributed by atoms with Gasteiger partial charge in [0.2, 0.25) is 0 Å². The molecule has 1 N–H and O–H groups in total. The number of nitrogens with zero attached hydrogens (tertiary/aromatic N) is 1. The molecule has 0 saturated carbocycles. The summed E-state index contributed by atoms with van der Waals surface area (Å²) in [4.78, 5) is 13.4. The molecular formula is C12H17NO3. The molecular weight excluding hydrogens is 206 g/mol. The second-order valence-corrected chi connectivity index (χ2v) is 3.66. The number of hydrogen-bond acceptors (Lipinski definition) is 4. The van der Waals surface area contributed by atoms with Crippen molar-refractivity contribution in [1.29, 1.82) is 0 Å². The van der Waals surface area contributed by atoms with Crippen LogP contribution in [0.5, 0.6) is 0 Å². The molecule has 0 aliphatic heterocycles. The number of carbonyl (C=O) groups is 1. The average Bonchev–Trinajstić information content (AvgIpc) is 2.28. The zero-order valence-corrected chi connectivity index (χ0v) is 9.86. The Morgan fingerprint density at radius 2 is 2.06 bits per heavy atom. The lowest BCUT2D eigenvalue weighted by Gasteiger charge is -2.15. The number of rotatable bonds is 4. The fraction of sp³-hybridized carbons (Fsp3) is 0.417. The summed E-state index contributed by atoms with van der Waals surface area (Å²) >= 11 is 0. The van der Waals surface area contributed by atoms with E-state index in [4.69, 9.17) is 9.84 Å². The summed E-state index contributed by atoms with van der Waals surface area (Å²) in [6.07, 6.45) is 0. The predicted octanol–water partition coefficient (Wildman–Crippen LogP) is 1.42. The van der Waals surface area contributed by atoms with Gasteiger partial charge in [-0.1, -0.05) is 0 Å². The quantitative estimate of drug-likeness (QED) is 0.784. The molecule has 4 heteroatoms. The summed E-state index contributed by atoms with van der Waals surface area (Å²) in [5.74, 6) is -0.360. The average molecular weight is 223 g/mol. The standard InChI is InChI=1S/C12H17NO3/c1-4-16-12(15)10-5-9(8-14)6-11(7-10)13(2)3/h5-7,14H,4,8H2,1-3H3. The molecule has 0 spiro atoms. The highest BCUT2D eigenvalue weighted by molar-refractivity contribution is 5.90. The van der Waals surface area contributed by atoms with E-state index >= 15 is 0 Å². The van der Waals surface area contributed by atoms with E-state index in [2.05, 4.69) is 0 Å². The number of benzene rings is 1. The summed E-state index contributed by atoms with van der Waals surface area (Å²) < 4.78 is 4.92. The highest BCUT2D eigenvalue weighted by Gasteiger charge is 2.10. The van der Waals surface area contributed by atoms with E-state index in [1.165, 1.54) is 0 Å². The van der Waals surface area contributed by atoms with Crippen LogP contribution in [0.15, 0.2) is 18.2 Å². The highest BCUT2D eigenvalue weighted by atomic mass is 16.5. The molecule has 0 unspecified atom stereocenters. The van der Waals surface area contributed by atoms with Gasteiger partial charge in [0.1, 0.15) is 0 Å². The molecule has 88 valence electrons. The second kappa shape index (κ2) is 5.51. The number of esters is 1. The highest BCUT2D eigenvalue weighted by Crippen LogP contribution is 2.18. The molecule has 0 bridgehead atoms. The van der Waals surface area contributed by atoms with Crippen LogP contribution in [0.3, 0.4) is 0 Å². The number of hydrogen-bond donors (Lipinski definition) is 1. The van der Waals surface area contributed by atoms with Gasteiger partial charge >= 0.3 is 5.97 Å². The third-order valence-corrected chi connectivity index (χ3v) is 2.19. The first-order valence-corrected chi connectivity index (χ1v) is 5.17. The fourth-order valence-corrected chi connectivity index (χ4v) is 1.36. The first-order chi connectivity index (χ1) is 7.58. The molecule has 1 aromatic carbocycles. The van der Waals surface area contributed by atoms with Gasteiger partial charge in [0.05, 0.1) is 18.8 Å². The number of carbonyl (C=O) groups excluding carboxylic acids is 1. The largest absolute Gasteiger partial charge is 0.462 e. The molecule has 0 aliphatic rings. The van der Waals surface area contributed by atoms with E-state index in [9.17, 15) is 4.79 Å². The van der Waals surface area contributed by atoms with Gasteiger partial charge in [0.15, 0.2) is 0 Å². The zero-order valence-electron chi connectivity index (χ0n) is 9.86. The SMILES string of the molecule is CCOC(=O)c1cc(CO)cc(N(C)C)c1. The van der Waals surface area contributed by atoms with E-state index in [1.54, 1.807) is 19.1 Å². The number of anilines is 1. The van der Waals surface area contributed by atoms with Crippen LogP contribution in [-0.4, -0.2) is 31.8 Å². The van der Waals surface area contributed by atoms with Crippen molar-refractivity contribution in [3.63, 3.8) is 0 Å². The van der Waals surface area contributed by atoms with Crippen LogP contribution >= 0.6 is 0 Å². The summed E-state index contributed by atoms with van der Waals surface area (Å²) in [6.45, 7) is 2.02. The van der Waals surface area contributed by atoms with Gasteiger partial charge in [-0.2, -0.15) is 0 Å². The third-order valence-electron chi connectivity index (χ3n) is 2.19. The van der Waals surface area contributed by atoms with Gasteiger partial charge < -0.3 is 14.7 Å². The van der Waals surface area contributed by atoms with Crippen molar-refractivity contribution in [2.45, 2.75) is 13.5 Å². The van der Waals surface area contributed by atoms with Crippen LogP contribution in [0.4, 0.5) is 5.69 Å². The molecule has 0 aliphatic carbocycles. The Morgan fingerprint density at radius 3 is 2.56 bits per heavy atom. The van der Waals surface area contributed by atoms with Crippen molar-refractivity contribution < 1.29 is 14.6 Å². The maximum absolute atomic E-state index is 11.6. The topological polar surface area (TPSA) is 49.8 Å². The molecule has 4 nitrogen and oxygen atoms in total. The molecule has 0 radical (unpaired) electrons. The molecule has 16 heavy (non-hydrogen) atoms. The van der Waals surface area contributed by atoms with Gasteiger partial charge in [-0.25, -0.2) is 4.79 Å².